The van der Waals surface area contributed by atoms with Gasteiger partial charge in [-0.05, 0) is 60.5 Å². The third-order valence-corrected chi connectivity index (χ3v) is 6.29. The fraction of sp³-hybridized carbons (Fsp3) is 0.250. The first-order valence-corrected chi connectivity index (χ1v) is 11.3. The van der Waals surface area contributed by atoms with E-state index in [1.165, 1.54) is 5.56 Å². The maximum atomic E-state index is 6.15. The summed E-state index contributed by atoms with van der Waals surface area (Å²) in [6.45, 7) is 1.80. The topological polar surface area (TPSA) is 39.7 Å². The minimum atomic E-state index is 0.350. The molecule has 0 aromatic heterocycles. The van der Waals surface area contributed by atoms with Crippen LogP contribution in [0.4, 0.5) is 0 Å². The molecule has 0 aliphatic rings. The second-order valence-corrected chi connectivity index (χ2v) is 8.54. The Morgan fingerprint density at radius 2 is 1.61 bits per heavy atom. The summed E-state index contributed by atoms with van der Waals surface area (Å²) in [4.78, 5) is 0. The maximum Gasteiger partial charge on any atom is 0.167 e. The molecule has 0 bridgehead atoms. The van der Waals surface area contributed by atoms with E-state index in [1.807, 2.05) is 30.3 Å². The average Bonchev–Trinajstić information content (AvgIpc) is 2.79. The molecule has 0 atom stereocenters. The summed E-state index contributed by atoms with van der Waals surface area (Å²) in [5.74, 6) is 2.23. The number of nitrogens with one attached hydrogen (secondary N) is 1. The van der Waals surface area contributed by atoms with Crippen LogP contribution in [0.25, 0.3) is 0 Å². The van der Waals surface area contributed by atoms with E-state index in [9.17, 15) is 0 Å². The Morgan fingerprint density at radius 3 is 2.29 bits per heavy atom. The van der Waals surface area contributed by atoms with E-state index in [0.29, 0.717) is 34.7 Å². The van der Waals surface area contributed by atoms with E-state index in [-0.39, 0.29) is 0 Å². The van der Waals surface area contributed by atoms with Crippen LogP contribution in [0, 0.1) is 0 Å². The molecule has 3 aromatic rings. The predicted molar refractivity (Wildman–Crippen MR) is 130 cm³/mol. The van der Waals surface area contributed by atoms with E-state index in [0.717, 1.165) is 34.3 Å². The first kappa shape index (κ1) is 23.7. The average molecular weight is 525 g/mol. The van der Waals surface area contributed by atoms with Gasteiger partial charge in [0.25, 0.3) is 0 Å². The summed E-state index contributed by atoms with van der Waals surface area (Å²) in [6, 6.07) is 17.4. The third kappa shape index (κ3) is 6.53. The van der Waals surface area contributed by atoms with Crippen molar-refractivity contribution in [1.29, 1.82) is 0 Å². The smallest absolute Gasteiger partial charge is 0.167 e. The van der Waals surface area contributed by atoms with Crippen molar-refractivity contribution in [3.05, 3.63) is 85.8 Å². The molecule has 3 aromatic carbocycles. The lowest BCUT2D eigenvalue weighted by Crippen LogP contribution is -2.18. The minimum Gasteiger partial charge on any atom is -0.497 e. The molecule has 0 aliphatic heterocycles. The van der Waals surface area contributed by atoms with Gasteiger partial charge in [-0.2, -0.15) is 0 Å². The molecular formula is C24H24BrCl2NO3. The molecule has 0 amide bonds. The normalized spacial score (nSPS) is 10.7. The van der Waals surface area contributed by atoms with Gasteiger partial charge in [-0.25, -0.2) is 0 Å². The maximum absolute atomic E-state index is 6.15. The molecule has 1 N–H and O–H groups in total. The molecular weight excluding hydrogens is 501 g/mol. The lowest BCUT2D eigenvalue weighted by atomic mass is 10.1. The third-order valence-electron chi connectivity index (χ3n) is 4.81. The molecule has 0 fully saturated rings. The number of hydrogen-bond acceptors (Lipinski definition) is 4. The number of benzene rings is 3. The molecule has 31 heavy (non-hydrogen) atoms. The lowest BCUT2D eigenvalue weighted by Gasteiger charge is -2.17. The van der Waals surface area contributed by atoms with Crippen LogP contribution in [0.3, 0.4) is 0 Å². The number of halogens is 3. The van der Waals surface area contributed by atoms with Gasteiger partial charge in [-0.1, -0.05) is 57.3 Å². The number of methoxy groups -OCH3 is 2. The molecule has 3 rings (SSSR count). The molecule has 7 heteroatoms. The zero-order chi connectivity index (χ0) is 22.2. The fourth-order valence-corrected chi connectivity index (χ4v) is 3.86. The van der Waals surface area contributed by atoms with Gasteiger partial charge in [-0.15, -0.1) is 0 Å². The summed E-state index contributed by atoms with van der Waals surface area (Å²) in [5, 5.41) is 4.52. The van der Waals surface area contributed by atoms with E-state index >= 15 is 0 Å². The first-order valence-electron chi connectivity index (χ1n) is 9.77. The summed E-state index contributed by atoms with van der Waals surface area (Å²) >= 11 is 15.8. The molecule has 0 saturated heterocycles. The standard InChI is InChI=1S/C24H24BrCl2NO3/c1-29-18-6-3-16(4-7-18)11-12-28-14-19-20(25)8-10-23(30-2)24(19)31-15-17-5-9-21(26)22(27)13-17/h3-10,13,28H,11-12,14-15H2,1-2H3. The molecule has 4 nitrogen and oxygen atoms in total. The van der Waals surface area contributed by atoms with Gasteiger partial charge in [0.2, 0.25) is 0 Å². The molecule has 164 valence electrons. The predicted octanol–water partition coefficient (Wildman–Crippen LogP) is 6.68. The lowest BCUT2D eigenvalue weighted by molar-refractivity contribution is 0.280. The van der Waals surface area contributed by atoms with Crippen LogP contribution >= 0.6 is 39.1 Å². The summed E-state index contributed by atoms with van der Waals surface area (Å²) in [5.41, 5.74) is 3.16. The highest BCUT2D eigenvalue weighted by Crippen LogP contribution is 2.37. The molecule has 0 heterocycles. The number of hydrogen-bond donors (Lipinski definition) is 1. The number of ether oxygens (including phenoxy) is 3. The van der Waals surface area contributed by atoms with E-state index in [2.05, 4.69) is 33.4 Å². The first-order chi connectivity index (χ1) is 15.0. The second kappa shape index (κ2) is 11.6. The Kier molecular flexibility index (Phi) is 8.90. The van der Waals surface area contributed by atoms with Crippen molar-refractivity contribution in [2.75, 3.05) is 20.8 Å². The van der Waals surface area contributed by atoms with Gasteiger partial charge in [0, 0.05) is 16.6 Å². The summed E-state index contributed by atoms with van der Waals surface area (Å²) in [6.07, 6.45) is 0.908. The van der Waals surface area contributed by atoms with E-state index < -0.39 is 0 Å². The van der Waals surface area contributed by atoms with E-state index in [4.69, 9.17) is 37.4 Å². The highest BCUT2D eigenvalue weighted by molar-refractivity contribution is 9.10. The minimum absolute atomic E-state index is 0.350. The van der Waals surface area contributed by atoms with Crippen LogP contribution in [-0.4, -0.2) is 20.8 Å². The van der Waals surface area contributed by atoms with Crippen LogP contribution in [0.15, 0.2) is 59.1 Å². The number of rotatable bonds is 10. The fourth-order valence-electron chi connectivity index (χ4n) is 3.09. The van der Waals surface area contributed by atoms with Crippen LogP contribution in [-0.2, 0) is 19.6 Å². The van der Waals surface area contributed by atoms with Crippen molar-refractivity contribution in [2.24, 2.45) is 0 Å². The zero-order valence-electron chi connectivity index (χ0n) is 17.4. The molecule has 0 spiro atoms. The van der Waals surface area contributed by atoms with Gasteiger partial charge in [0.05, 0.1) is 24.3 Å². The quantitative estimate of drug-likeness (QED) is 0.300. The van der Waals surface area contributed by atoms with Gasteiger partial charge >= 0.3 is 0 Å². The Bertz CT molecular complexity index is 1010. The Labute approximate surface area is 201 Å². The van der Waals surface area contributed by atoms with E-state index in [1.54, 1.807) is 26.4 Å². The Hall–Kier alpha value is -1.92. The Balaban J connectivity index is 1.66. The molecule has 0 radical (unpaired) electrons. The molecule has 0 saturated carbocycles. The van der Waals surface area contributed by atoms with Crippen molar-refractivity contribution < 1.29 is 14.2 Å². The second-order valence-electron chi connectivity index (χ2n) is 6.87. The van der Waals surface area contributed by atoms with Crippen LogP contribution in [0.2, 0.25) is 10.0 Å². The van der Waals surface area contributed by atoms with Crippen molar-refractivity contribution in [2.45, 2.75) is 19.6 Å². The van der Waals surface area contributed by atoms with Gasteiger partial charge < -0.3 is 19.5 Å². The molecule has 0 unspecified atom stereocenters. The van der Waals surface area contributed by atoms with Gasteiger partial charge in [-0.3, -0.25) is 0 Å². The SMILES string of the molecule is COc1ccc(CCNCc2c(Br)ccc(OC)c2OCc2ccc(Cl)c(Cl)c2)cc1. The van der Waals surface area contributed by atoms with Crippen LogP contribution < -0.4 is 19.5 Å². The van der Waals surface area contributed by atoms with Crippen molar-refractivity contribution in [3.63, 3.8) is 0 Å². The summed E-state index contributed by atoms with van der Waals surface area (Å²) < 4.78 is 17.8. The summed E-state index contributed by atoms with van der Waals surface area (Å²) in [7, 11) is 3.31. The van der Waals surface area contributed by atoms with Crippen LogP contribution in [0.5, 0.6) is 17.2 Å². The molecule has 0 aliphatic carbocycles. The van der Waals surface area contributed by atoms with Crippen molar-refractivity contribution in [1.82, 2.24) is 5.32 Å². The zero-order valence-corrected chi connectivity index (χ0v) is 20.5. The monoisotopic (exact) mass is 523 g/mol. The van der Waals surface area contributed by atoms with Crippen molar-refractivity contribution >= 4 is 39.1 Å². The van der Waals surface area contributed by atoms with Gasteiger partial charge in [0.1, 0.15) is 12.4 Å². The largest absolute Gasteiger partial charge is 0.497 e. The highest BCUT2D eigenvalue weighted by Gasteiger charge is 2.15. The van der Waals surface area contributed by atoms with Crippen molar-refractivity contribution in [3.8, 4) is 17.2 Å². The Morgan fingerprint density at radius 1 is 0.871 bits per heavy atom. The van der Waals surface area contributed by atoms with Gasteiger partial charge in [0.15, 0.2) is 11.5 Å². The highest BCUT2D eigenvalue weighted by atomic mass is 79.9. The van der Waals surface area contributed by atoms with Crippen LogP contribution in [0.1, 0.15) is 16.7 Å².